The second kappa shape index (κ2) is 6.42. The Balaban J connectivity index is 2.14. The van der Waals surface area contributed by atoms with Gasteiger partial charge in [-0.2, -0.15) is 15.6 Å². The maximum atomic E-state index is 13.1. The number of aromatic nitrogens is 3. The molecule has 0 spiro atoms. The lowest BCUT2D eigenvalue weighted by molar-refractivity contribution is 1.03. The molecule has 0 amide bonds. The summed E-state index contributed by atoms with van der Waals surface area (Å²) in [6.07, 6.45) is 1.64. The second-order valence-corrected chi connectivity index (χ2v) is 6.35. The van der Waals surface area contributed by atoms with E-state index in [1.54, 1.807) is 30.5 Å². The van der Waals surface area contributed by atoms with Gasteiger partial charge in [0.1, 0.15) is 11.6 Å². The van der Waals surface area contributed by atoms with Crippen LogP contribution in [-0.2, 0) is 0 Å². The van der Waals surface area contributed by atoms with E-state index in [1.807, 2.05) is 31.2 Å². The van der Waals surface area contributed by atoms with Gasteiger partial charge >= 0.3 is 0 Å². The van der Waals surface area contributed by atoms with Crippen LogP contribution in [0.5, 0.6) is 0 Å². The molecule has 28 heavy (non-hydrogen) atoms. The zero-order valence-electron chi connectivity index (χ0n) is 14.9. The highest BCUT2D eigenvalue weighted by atomic mass is 16.1. The summed E-state index contributed by atoms with van der Waals surface area (Å²) in [6.45, 7) is 1.82. The predicted octanol–water partition coefficient (Wildman–Crippen LogP) is 3.01. The van der Waals surface area contributed by atoms with Crippen molar-refractivity contribution in [1.82, 2.24) is 14.8 Å². The number of fused-ring (bicyclic) bond motifs is 1. The van der Waals surface area contributed by atoms with Gasteiger partial charge in [0.25, 0.3) is 5.56 Å². The summed E-state index contributed by atoms with van der Waals surface area (Å²) in [5, 5.41) is 26.3. The number of nitriles is 2. The molecule has 0 aliphatic rings. The first kappa shape index (κ1) is 17.1. The van der Waals surface area contributed by atoms with Crippen molar-refractivity contribution in [2.24, 2.45) is 0 Å². The molecule has 0 saturated heterocycles. The first-order valence-electron chi connectivity index (χ1n) is 8.44. The molecule has 0 radical (unpaired) electrons. The van der Waals surface area contributed by atoms with Gasteiger partial charge < -0.3 is 5.73 Å². The molecule has 7 nitrogen and oxygen atoms in total. The van der Waals surface area contributed by atoms with E-state index < -0.39 is 5.56 Å². The molecule has 0 fully saturated rings. The van der Waals surface area contributed by atoms with Crippen LogP contribution < -0.4 is 11.3 Å². The molecule has 0 atom stereocenters. The van der Waals surface area contributed by atoms with Crippen molar-refractivity contribution >= 4 is 16.6 Å². The molecule has 0 bridgehead atoms. The quantitative estimate of drug-likeness (QED) is 0.564. The highest BCUT2D eigenvalue weighted by molar-refractivity contribution is 5.96. The topological polar surface area (TPSA) is 124 Å². The van der Waals surface area contributed by atoms with Crippen LogP contribution in [0, 0.1) is 29.6 Å². The van der Waals surface area contributed by atoms with E-state index in [0.29, 0.717) is 22.2 Å². The summed E-state index contributed by atoms with van der Waals surface area (Å²) in [5.74, 6) is 0. The van der Waals surface area contributed by atoms with E-state index in [9.17, 15) is 15.3 Å². The van der Waals surface area contributed by atoms with Gasteiger partial charge in [-0.3, -0.25) is 14.5 Å². The van der Waals surface area contributed by atoms with Crippen molar-refractivity contribution in [1.29, 1.82) is 10.5 Å². The Morgan fingerprint density at radius 2 is 1.93 bits per heavy atom. The van der Waals surface area contributed by atoms with Crippen molar-refractivity contribution in [3.8, 4) is 29.1 Å². The lowest BCUT2D eigenvalue weighted by Crippen LogP contribution is -2.23. The van der Waals surface area contributed by atoms with Crippen LogP contribution in [0.2, 0.25) is 0 Å². The van der Waals surface area contributed by atoms with Crippen LogP contribution in [0.25, 0.3) is 27.8 Å². The Morgan fingerprint density at radius 3 is 2.61 bits per heavy atom. The number of H-pyrrole nitrogens is 1. The number of rotatable bonds is 2. The van der Waals surface area contributed by atoms with Crippen molar-refractivity contribution < 1.29 is 0 Å². The molecule has 0 aliphatic heterocycles. The van der Waals surface area contributed by atoms with E-state index in [-0.39, 0.29) is 11.3 Å². The number of nitrogen functional groups attached to an aromatic ring is 1. The molecule has 3 N–H and O–H groups in total. The van der Waals surface area contributed by atoms with Gasteiger partial charge in [0, 0.05) is 17.1 Å². The molecule has 0 unspecified atom stereocenters. The van der Waals surface area contributed by atoms with E-state index in [0.717, 1.165) is 16.8 Å². The normalized spacial score (nSPS) is 10.5. The summed E-state index contributed by atoms with van der Waals surface area (Å²) < 4.78 is 1.42. The first-order valence-corrected chi connectivity index (χ1v) is 8.44. The molecule has 0 aliphatic carbocycles. The predicted molar refractivity (Wildman–Crippen MR) is 106 cm³/mol. The Labute approximate surface area is 159 Å². The summed E-state index contributed by atoms with van der Waals surface area (Å²) in [7, 11) is 0. The molecule has 2 heterocycles. The molecular weight excluding hydrogens is 352 g/mol. The minimum absolute atomic E-state index is 0.124. The number of anilines is 1. The van der Waals surface area contributed by atoms with Gasteiger partial charge in [-0.15, -0.1) is 0 Å². The van der Waals surface area contributed by atoms with Crippen LogP contribution in [0.3, 0.4) is 0 Å². The number of benzene rings is 2. The average Bonchev–Trinajstić information content (AvgIpc) is 3.24. The summed E-state index contributed by atoms with van der Waals surface area (Å²) >= 11 is 0. The largest absolute Gasteiger partial charge is 0.397 e. The Kier molecular flexibility index (Phi) is 3.91. The van der Waals surface area contributed by atoms with E-state index in [2.05, 4.69) is 16.3 Å². The maximum Gasteiger partial charge on any atom is 0.275 e. The van der Waals surface area contributed by atoms with Gasteiger partial charge in [0.05, 0.1) is 34.2 Å². The fraction of sp³-hybridized carbons (Fsp3) is 0.0476. The Morgan fingerprint density at radius 1 is 1.11 bits per heavy atom. The molecule has 2 aromatic carbocycles. The van der Waals surface area contributed by atoms with Crippen molar-refractivity contribution in [2.75, 3.05) is 5.73 Å². The van der Waals surface area contributed by atoms with E-state index in [4.69, 9.17) is 5.73 Å². The fourth-order valence-corrected chi connectivity index (χ4v) is 3.23. The monoisotopic (exact) mass is 366 g/mol. The number of aryl methyl sites for hydroxylation is 1. The number of nitrogens with zero attached hydrogens (tertiary/aromatic N) is 4. The molecule has 4 rings (SSSR count). The SMILES string of the molecule is Cc1ccc(-n2c(=O)c(C#N)c(N)c3ccc(-c4ccn[nH]4)cc32)cc1C#N. The number of hydrogen-bond donors (Lipinski definition) is 2. The minimum Gasteiger partial charge on any atom is -0.397 e. The third kappa shape index (κ3) is 2.51. The third-order valence-corrected chi connectivity index (χ3v) is 4.74. The lowest BCUT2D eigenvalue weighted by Gasteiger charge is -2.15. The van der Waals surface area contributed by atoms with Gasteiger partial charge in [0.15, 0.2) is 0 Å². The summed E-state index contributed by atoms with van der Waals surface area (Å²) in [5.41, 5.74) is 9.50. The molecule has 134 valence electrons. The van der Waals surface area contributed by atoms with Gasteiger partial charge in [-0.05, 0) is 36.8 Å². The third-order valence-electron chi connectivity index (χ3n) is 4.74. The first-order chi connectivity index (χ1) is 13.5. The number of nitrogens with one attached hydrogen (secondary N) is 1. The highest BCUT2D eigenvalue weighted by Crippen LogP contribution is 2.29. The number of aromatic amines is 1. The number of pyridine rings is 1. The molecular formula is C21H14N6O. The van der Waals surface area contributed by atoms with E-state index >= 15 is 0 Å². The summed E-state index contributed by atoms with van der Waals surface area (Å²) in [6, 6.07) is 16.4. The van der Waals surface area contributed by atoms with Crippen molar-refractivity contribution in [3.05, 3.63) is 75.7 Å². The highest BCUT2D eigenvalue weighted by Gasteiger charge is 2.17. The summed E-state index contributed by atoms with van der Waals surface area (Å²) in [4.78, 5) is 13.1. The van der Waals surface area contributed by atoms with Crippen LogP contribution in [-0.4, -0.2) is 14.8 Å². The molecule has 2 aromatic heterocycles. The van der Waals surface area contributed by atoms with Crippen molar-refractivity contribution in [3.63, 3.8) is 0 Å². The number of nitrogens with two attached hydrogens (primary N) is 1. The molecule has 0 saturated carbocycles. The Hall–Kier alpha value is -4.36. The standard InChI is InChI=1S/C21H14N6O/c1-12-2-4-15(8-14(12)10-22)27-19-9-13(18-6-7-25-26-18)3-5-16(19)20(24)17(11-23)21(27)28/h2-9H,24H2,1H3,(H,25,26). The van der Waals surface area contributed by atoms with Crippen molar-refractivity contribution in [2.45, 2.75) is 6.92 Å². The Bertz CT molecular complexity index is 1370. The number of hydrogen-bond acceptors (Lipinski definition) is 5. The maximum absolute atomic E-state index is 13.1. The van der Waals surface area contributed by atoms with Gasteiger partial charge in [-0.25, -0.2) is 0 Å². The van der Waals surface area contributed by atoms with Crippen LogP contribution in [0.15, 0.2) is 53.5 Å². The average molecular weight is 366 g/mol. The van der Waals surface area contributed by atoms with Crippen LogP contribution in [0.4, 0.5) is 5.69 Å². The van der Waals surface area contributed by atoms with Crippen LogP contribution >= 0.6 is 0 Å². The second-order valence-electron chi connectivity index (χ2n) is 6.35. The van der Waals surface area contributed by atoms with Gasteiger partial charge in [-0.1, -0.05) is 18.2 Å². The van der Waals surface area contributed by atoms with Gasteiger partial charge in [0.2, 0.25) is 0 Å². The van der Waals surface area contributed by atoms with Crippen LogP contribution in [0.1, 0.15) is 16.7 Å². The zero-order chi connectivity index (χ0) is 19.8. The van der Waals surface area contributed by atoms with E-state index in [1.165, 1.54) is 4.57 Å². The zero-order valence-corrected chi connectivity index (χ0v) is 14.9. The fourth-order valence-electron chi connectivity index (χ4n) is 3.23. The lowest BCUT2D eigenvalue weighted by atomic mass is 10.0. The molecule has 7 heteroatoms. The minimum atomic E-state index is -0.526. The smallest absolute Gasteiger partial charge is 0.275 e. The molecule has 4 aromatic rings.